The quantitative estimate of drug-likeness (QED) is 0.285. The van der Waals surface area contributed by atoms with E-state index in [1.807, 2.05) is 0 Å². The molecule has 7 heteroatoms. The molecule has 0 bridgehead atoms. The van der Waals surface area contributed by atoms with Crippen molar-refractivity contribution in [1.29, 1.82) is 0 Å². The number of hydrogen-bond donors (Lipinski definition) is 2. The zero-order valence-corrected chi connectivity index (χ0v) is 21.8. The molecule has 0 aliphatic carbocycles. The maximum absolute atomic E-state index is 5.48. The number of hydrogen-bond acceptors (Lipinski definition) is 4. The van der Waals surface area contributed by atoms with Gasteiger partial charge in [-0.25, -0.2) is 4.99 Å². The lowest BCUT2D eigenvalue weighted by molar-refractivity contribution is 0.0341. The fourth-order valence-electron chi connectivity index (χ4n) is 4.36. The summed E-state index contributed by atoms with van der Waals surface area (Å²) >= 11 is 0. The van der Waals surface area contributed by atoms with E-state index in [2.05, 4.69) is 58.5 Å². The fraction of sp³-hybridized carbons (Fsp3) is 0.708. The van der Waals surface area contributed by atoms with Crippen LogP contribution in [0.25, 0.3) is 0 Å². The Labute approximate surface area is 206 Å². The number of halogens is 1. The van der Waals surface area contributed by atoms with Crippen LogP contribution in [-0.4, -0.2) is 74.8 Å². The topological polar surface area (TPSA) is 52.1 Å². The molecule has 31 heavy (non-hydrogen) atoms. The second-order valence-electron chi connectivity index (χ2n) is 8.45. The molecule has 0 spiro atoms. The van der Waals surface area contributed by atoms with Crippen molar-refractivity contribution in [2.45, 2.75) is 46.2 Å². The first-order valence-electron chi connectivity index (χ1n) is 11.9. The number of rotatable bonds is 9. The van der Waals surface area contributed by atoms with Crippen molar-refractivity contribution < 1.29 is 4.74 Å². The number of piperidine rings is 1. The average Bonchev–Trinajstić information content (AvgIpc) is 2.79. The minimum Gasteiger partial charge on any atom is -0.379 e. The van der Waals surface area contributed by atoms with Gasteiger partial charge in [-0.3, -0.25) is 4.90 Å². The van der Waals surface area contributed by atoms with Gasteiger partial charge in [0.15, 0.2) is 5.96 Å². The van der Waals surface area contributed by atoms with Gasteiger partial charge in [-0.2, -0.15) is 0 Å². The number of benzene rings is 1. The van der Waals surface area contributed by atoms with E-state index in [9.17, 15) is 0 Å². The molecule has 0 aromatic heterocycles. The van der Waals surface area contributed by atoms with Crippen LogP contribution in [0, 0.1) is 5.92 Å². The summed E-state index contributed by atoms with van der Waals surface area (Å²) in [6.07, 6.45) is 3.89. The third-order valence-corrected chi connectivity index (χ3v) is 6.37. The average molecular weight is 544 g/mol. The molecule has 1 aromatic carbocycles. The number of likely N-dealkylation sites (tertiary alicyclic amines) is 1. The van der Waals surface area contributed by atoms with Gasteiger partial charge in [0.1, 0.15) is 0 Å². The third kappa shape index (κ3) is 9.24. The van der Waals surface area contributed by atoms with E-state index in [-0.39, 0.29) is 24.0 Å². The normalized spacial score (nSPS) is 19.1. The Morgan fingerprint density at radius 3 is 2.39 bits per heavy atom. The number of ether oxygens (including phenoxy) is 1. The summed E-state index contributed by atoms with van der Waals surface area (Å²) in [5.74, 6) is 1.78. The molecular weight excluding hydrogens is 501 g/mol. The van der Waals surface area contributed by atoms with Crippen LogP contribution in [0.4, 0.5) is 0 Å². The highest BCUT2D eigenvalue weighted by Crippen LogP contribution is 2.19. The standard InChI is InChI=1S/C24H41N5O.HI/c1-3-25-24(26-12-9-21-10-13-28(4-2)14-11-21)27-19-22-7-5-6-8-23(22)20-29-15-17-30-18-16-29;/h5-8,21H,3-4,9-20H2,1-2H3,(H2,25,26,27);1H. The van der Waals surface area contributed by atoms with Gasteiger partial charge in [0.25, 0.3) is 0 Å². The van der Waals surface area contributed by atoms with Crippen LogP contribution >= 0.6 is 24.0 Å². The van der Waals surface area contributed by atoms with Gasteiger partial charge in [0.05, 0.1) is 19.8 Å². The molecule has 6 nitrogen and oxygen atoms in total. The fourth-order valence-corrected chi connectivity index (χ4v) is 4.36. The molecule has 2 aliphatic rings. The minimum atomic E-state index is 0. The van der Waals surface area contributed by atoms with Crippen molar-refractivity contribution in [2.24, 2.45) is 10.9 Å². The summed E-state index contributed by atoms with van der Waals surface area (Å²) in [7, 11) is 0. The van der Waals surface area contributed by atoms with E-state index in [1.165, 1.54) is 50.0 Å². The molecule has 2 saturated heterocycles. The predicted molar refractivity (Wildman–Crippen MR) is 140 cm³/mol. The summed E-state index contributed by atoms with van der Waals surface area (Å²) in [5, 5.41) is 6.97. The maximum atomic E-state index is 5.48. The molecule has 0 saturated carbocycles. The Morgan fingerprint density at radius 2 is 1.71 bits per heavy atom. The maximum Gasteiger partial charge on any atom is 0.191 e. The molecule has 2 aliphatic heterocycles. The molecule has 2 fully saturated rings. The molecule has 2 N–H and O–H groups in total. The van der Waals surface area contributed by atoms with Crippen molar-refractivity contribution >= 4 is 29.9 Å². The van der Waals surface area contributed by atoms with E-state index in [0.717, 1.165) is 57.8 Å². The van der Waals surface area contributed by atoms with Crippen molar-refractivity contribution in [3.8, 4) is 0 Å². The van der Waals surface area contributed by atoms with Crippen LogP contribution in [0.1, 0.15) is 44.2 Å². The summed E-state index contributed by atoms with van der Waals surface area (Å²) in [6, 6.07) is 8.71. The first-order valence-corrected chi connectivity index (χ1v) is 11.9. The Balaban J connectivity index is 0.00000341. The van der Waals surface area contributed by atoms with Crippen molar-refractivity contribution in [1.82, 2.24) is 20.4 Å². The smallest absolute Gasteiger partial charge is 0.191 e. The number of guanidine groups is 1. The lowest BCUT2D eigenvalue weighted by Gasteiger charge is -2.31. The van der Waals surface area contributed by atoms with E-state index >= 15 is 0 Å². The first kappa shape index (κ1) is 26.4. The summed E-state index contributed by atoms with van der Waals surface area (Å²) < 4.78 is 5.48. The molecule has 0 atom stereocenters. The van der Waals surface area contributed by atoms with Crippen LogP contribution < -0.4 is 10.6 Å². The highest BCUT2D eigenvalue weighted by molar-refractivity contribution is 14.0. The van der Waals surface area contributed by atoms with Crippen LogP contribution in [-0.2, 0) is 17.8 Å². The van der Waals surface area contributed by atoms with Crippen molar-refractivity contribution in [3.63, 3.8) is 0 Å². The zero-order chi connectivity index (χ0) is 21.0. The molecule has 176 valence electrons. The Morgan fingerprint density at radius 1 is 1.00 bits per heavy atom. The van der Waals surface area contributed by atoms with Gasteiger partial charge < -0.3 is 20.3 Å². The largest absolute Gasteiger partial charge is 0.379 e. The van der Waals surface area contributed by atoms with Gasteiger partial charge in [-0.1, -0.05) is 31.2 Å². The minimum absolute atomic E-state index is 0. The Hall–Kier alpha value is -0.900. The number of morpholine rings is 1. The summed E-state index contributed by atoms with van der Waals surface area (Å²) in [6.45, 7) is 15.4. The molecule has 2 heterocycles. The second-order valence-corrected chi connectivity index (χ2v) is 8.45. The molecule has 1 aromatic rings. The lowest BCUT2D eigenvalue weighted by Crippen LogP contribution is -2.39. The number of nitrogens with zero attached hydrogens (tertiary/aromatic N) is 3. The van der Waals surface area contributed by atoms with Crippen LogP contribution in [0.3, 0.4) is 0 Å². The highest BCUT2D eigenvalue weighted by Gasteiger charge is 2.17. The SMILES string of the molecule is CCNC(=NCc1ccccc1CN1CCOCC1)NCCC1CCN(CC)CC1.I. The van der Waals surface area contributed by atoms with Gasteiger partial charge in [-0.15, -0.1) is 24.0 Å². The van der Waals surface area contributed by atoms with Crippen LogP contribution in [0.5, 0.6) is 0 Å². The van der Waals surface area contributed by atoms with E-state index < -0.39 is 0 Å². The van der Waals surface area contributed by atoms with Crippen LogP contribution in [0.15, 0.2) is 29.3 Å². The number of aliphatic imine (C=N–C) groups is 1. The van der Waals surface area contributed by atoms with Gasteiger partial charge >= 0.3 is 0 Å². The second kappa shape index (κ2) is 15.0. The van der Waals surface area contributed by atoms with E-state index in [0.29, 0.717) is 6.54 Å². The third-order valence-electron chi connectivity index (χ3n) is 6.37. The molecule has 0 unspecified atom stereocenters. The monoisotopic (exact) mass is 543 g/mol. The zero-order valence-electron chi connectivity index (χ0n) is 19.4. The van der Waals surface area contributed by atoms with E-state index in [1.54, 1.807) is 0 Å². The molecular formula is C24H42IN5O. The van der Waals surface area contributed by atoms with Gasteiger partial charge in [0.2, 0.25) is 0 Å². The van der Waals surface area contributed by atoms with Crippen molar-refractivity contribution in [3.05, 3.63) is 35.4 Å². The van der Waals surface area contributed by atoms with Gasteiger partial charge in [-0.05, 0) is 62.9 Å². The first-order chi connectivity index (χ1) is 14.8. The van der Waals surface area contributed by atoms with Crippen LogP contribution in [0.2, 0.25) is 0 Å². The Bertz CT molecular complexity index is 643. The highest BCUT2D eigenvalue weighted by atomic mass is 127. The van der Waals surface area contributed by atoms with E-state index in [4.69, 9.17) is 9.73 Å². The van der Waals surface area contributed by atoms with Crippen molar-refractivity contribution in [2.75, 3.05) is 59.0 Å². The Kier molecular flexibility index (Phi) is 12.8. The number of nitrogens with one attached hydrogen (secondary N) is 2. The molecule has 0 radical (unpaired) electrons. The van der Waals surface area contributed by atoms with Gasteiger partial charge in [0, 0.05) is 32.7 Å². The molecule has 3 rings (SSSR count). The lowest BCUT2D eigenvalue weighted by atomic mass is 9.93. The predicted octanol–water partition coefficient (Wildman–Crippen LogP) is 3.31. The molecule has 0 amide bonds. The summed E-state index contributed by atoms with van der Waals surface area (Å²) in [4.78, 5) is 9.92. The summed E-state index contributed by atoms with van der Waals surface area (Å²) in [5.41, 5.74) is 2.69.